The van der Waals surface area contributed by atoms with Crippen molar-refractivity contribution in [3.05, 3.63) is 95.8 Å². The van der Waals surface area contributed by atoms with E-state index in [1.807, 2.05) is 60.8 Å². The summed E-state index contributed by atoms with van der Waals surface area (Å²) < 4.78 is 12.6. The van der Waals surface area contributed by atoms with Crippen molar-refractivity contribution in [3.63, 3.8) is 0 Å². The number of benzene rings is 3. The van der Waals surface area contributed by atoms with Gasteiger partial charge in [-0.05, 0) is 66.9 Å². The van der Waals surface area contributed by atoms with Gasteiger partial charge in [0, 0.05) is 24.8 Å². The van der Waals surface area contributed by atoms with Gasteiger partial charge in [0.05, 0.1) is 19.9 Å². The molecule has 0 aliphatic carbocycles. The van der Waals surface area contributed by atoms with Crippen molar-refractivity contribution in [3.8, 4) is 28.3 Å². The van der Waals surface area contributed by atoms with Crippen molar-refractivity contribution in [1.82, 2.24) is 20.0 Å². The lowest BCUT2D eigenvalue weighted by Crippen LogP contribution is -2.26. The van der Waals surface area contributed by atoms with Gasteiger partial charge in [-0.3, -0.25) is 9.69 Å². The molecule has 1 amide bonds. The number of nitrogens with one attached hydrogen (secondary N) is 1. The van der Waals surface area contributed by atoms with Crippen molar-refractivity contribution in [2.24, 2.45) is 0 Å². The number of aromatic nitrogens is 2. The van der Waals surface area contributed by atoms with Crippen molar-refractivity contribution in [2.75, 3.05) is 27.3 Å². The van der Waals surface area contributed by atoms with Gasteiger partial charge >= 0.3 is 0 Å². The van der Waals surface area contributed by atoms with Crippen LogP contribution in [0.1, 0.15) is 34.5 Å². The maximum absolute atomic E-state index is 13.5. The zero-order chi connectivity index (χ0) is 25.6. The average molecular weight is 497 g/mol. The zero-order valence-electron chi connectivity index (χ0n) is 21.3. The predicted octanol–water partition coefficient (Wildman–Crippen LogP) is 5.08. The van der Waals surface area contributed by atoms with Gasteiger partial charge in [0.1, 0.15) is 0 Å². The molecule has 1 N–H and O–H groups in total. The minimum Gasteiger partial charge on any atom is -0.493 e. The standard InChI is InChI=1S/C30H32N4O3/c1-36-27-15-14-22(18-28(27)37-2)26-21-34(25-12-4-3-5-13-25)32-29(26)30(35)31-19-23-10-6-7-11-24(23)20-33-16-8-9-17-33/h3-7,10-15,18,21H,8-9,16-17,19-20H2,1-2H3,(H,31,35). The highest BCUT2D eigenvalue weighted by molar-refractivity contribution is 5.99. The summed E-state index contributed by atoms with van der Waals surface area (Å²) in [4.78, 5) is 16.0. The van der Waals surface area contributed by atoms with E-state index in [0.29, 0.717) is 29.3 Å². The molecule has 3 aromatic carbocycles. The molecule has 1 aromatic heterocycles. The van der Waals surface area contributed by atoms with E-state index >= 15 is 0 Å². The van der Waals surface area contributed by atoms with Crippen molar-refractivity contribution in [2.45, 2.75) is 25.9 Å². The van der Waals surface area contributed by atoms with Gasteiger partial charge in [0.15, 0.2) is 17.2 Å². The Morgan fingerprint density at radius 2 is 1.59 bits per heavy atom. The number of hydrogen-bond donors (Lipinski definition) is 1. The fraction of sp³-hybridized carbons (Fsp3) is 0.267. The van der Waals surface area contributed by atoms with Gasteiger partial charge in [0.2, 0.25) is 0 Å². The van der Waals surface area contributed by atoms with E-state index in [4.69, 9.17) is 14.6 Å². The second-order valence-corrected chi connectivity index (χ2v) is 9.18. The largest absolute Gasteiger partial charge is 0.493 e. The SMILES string of the molecule is COc1ccc(-c2cn(-c3ccccc3)nc2C(=O)NCc2ccccc2CN2CCCC2)cc1OC. The van der Waals surface area contributed by atoms with E-state index in [1.165, 1.54) is 18.4 Å². The summed E-state index contributed by atoms with van der Waals surface area (Å²) in [6.45, 7) is 3.61. The third-order valence-electron chi connectivity index (χ3n) is 6.80. The number of likely N-dealkylation sites (tertiary alicyclic amines) is 1. The van der Waals surface area contributed by atoms with Crippen LogP contribution in [0, 0.1) is 0 Å². The molecule has 0 saturated carbocycles. The molecule has 37 heavy (non-hydrogen) atoms. The van der Waals surface area contributed by atoms with Crippen LogP contribution in [0.3, 0.4) is 0 Å². The van der Waals surface area contributed by atoms with Gasteiger partial charge < -0.3 is 14.8 Å². The van der Waals surface area contributed by atoms with Crippen LogP contribution in [-0.2, 0) is 13.1 Å². The first-order chi connectivity index (χ1) is 18.2. The summed E-state index contributed by atoms with van der Waals surface area (Å²) in [7, 11) is 3.20. The second kappa shape index (κ2) is 11.3. The van der Waals surface area contributed by atoms with Crippen molar-refractivity contribution >= 4 is 5.91 Å². The number of amides is 1. The number of carbonyl (C=O) groups is 1. The van der Waals surface area contributed by atoms with E-state index in [2.05, 4.69) is 28.4 Å². The van der Waals surface area contributed by atoms with Crippen LogP contribution in [-0.4, -0.2) is 47.9 Å². The topological polar surface area (TPSA) is 68.6 Å². The Bertz CT molecular complexity index is 1360. The van der Waals surface area contributed by atoms with Gasteiger partial charge in [-0.2, -0.15) is 5.10 Å². The molecule has 5 rings (SSSR count). The molecule has 2 heterocycles. The number of carbonyl (C=O) groups excluding carboxylic acids is 1. The van der Waals surface area contributed by atoms with Gasteiger partial charge in [-0.1, -0.05) is 48.5 Å². The number of hydrogen-bond acceptors (Lipinski definition) is 5. The lowest BCUT2D eigenvalue weighted by molar-refractivity contribution is 0.0946. The summed E-state index contributed by atoms with van der Waals surface area (Å²) >= 11 is 0. The molecule has 7 nitrogen and oxygen atoms in total. The van der Waals surface area contributed by atoms with E-state index in [0.717, 1.165) is 36.4 Å². The highest BCUT2D eigenvalue weighted by atomic mass is 16.5. The lowest BCUT2D eigenvalue weighted by Gasteiger charge is -2.17. The molecule has 1 aliphatic heterocycles. The Kier molecular flexibility index (Phi) is 7.51. The summed E-state index contributed by atoms with van der Waals surface area (Å²) in [5.41, 5.74) is 5.14. The first-order valence-corrected chi connectivity index (χ1v) is 12.6. The lowest BCUT2D eigenvalue weighted by atomic mass is 10.0. The van der Waals surface area contributed by atoms with E-state index in [-0.39, 0.29) is 5.91 Å². The molecule has 4 aromatic rings. The van der Waals surface area contributed by atoms with Crippen LogP contribution < -0.4 is 14.8 Å². The summed E-state index contributed by atoms with van der Waals surface area (Å²) in [5.74, 6) is 0.993. The number of methoxy groups -OCH3 is 2. The molecule has 0 bridgehead atoms. The molecule has 0 unspecified atom stereocenters. The highest BCUT2D eigenvalue weighted by Gasteiger charge is 2.21. The zero-order valence-corrected chi connectivity index (χ0v) is 21.3. The molecule has 7 heteroatoms. The monoisotopic (exact) mass is 496 g/mol. The first-order valence-electron chi connectivity index (χ1n) is 12.6. The molecule has 190 valence electrons. The third kappa shape index (κ3) is 5.52. The smallest absolute Gasteiger partial charge is 0.272 e. The van der Waals surface area contributed by atoms with Crippen LogP contribution in [0.5, 0.6) is 11.5 Å². The van der Waals surface area contributed by atoms with Crippen molar-refractivity contribution in [1.29, 1.82) is 0 Å². The van der Waals surface area contributed by atoms with Gasteiger partial charge in [0.25, 0.3) is 5.91 Å². The molecular formula is C30H32N4O3. The van der Waals surface area contributed by atoms with E-state index in [9.17, 15) is 4.79 Å². The number of ether oxygens (including phenoxy) is 2. The van der Waals surface area contributed by atoms with Crippen LogP contribution in [0.15, 0.2) is 79.0 Å². The molecule has 1 fully saturated rings. The fourth-order valence-electron chi connectivity index (χ4n) is 4.79. The summed E-state index contributed by atoms with van der Waals surface area (Å²) in [6, 6.07) is 23.7. The minimum atomic E-state index is -0.226. The van der Waals surface area contributed by atoms with Gasteiger partial charge in [-0.25, -0.2) is 4.68 Å². The Labute approximate surface area is 217 Å². The molecule has 1 saturated heterocycles. The number of para-hydroxylation sites is 1. The van der Waals surface area contributed by atoms with E-state index in [1.54, 1.807) is 18.9 Å². The Morgan fingerprint density at radius 1 is 0.892 bits per heavy atom. The van der Waals surface area contributed by atoms with E-state index < -0.39 is 0 Å². The van der Waals surface area contributed by atoms with Crippen LogP contribution in [0.2, 0.25) is 0 Å². The Hall–Kier alpha value is -4.10. The Balaban J connectivity index is 1.44. The highest BCUT2D eigenvalue weighted by Crippen LogP contribution is 2.34. The number of rotatable bonds is 9. The fourth-order valence-corrected chi connectivity index (χ4v) is 4.79. The maximum Gasteiger partial charge on any atom is 0.272 e. The molecule has 1 aliphatic rings. The molecule has 0 radical (unpaired) electrons. The summed E-state index contributed by atoms with van der Waals surface area (Å²) in [6.07, 6.45) is 4.39. The quantitative estimate of drug-likeness (QED) is 0.350. The number of nitrogens with zero attached hydrogens (tertiary/aromatic N) is 3. The minimum absolute atomic E-state index is 0.226. The first kappa shape index (κ1) is 24.6. The van der Waals surface area contributed by atoms with Crippen LogP contribution >= 0.6 is 0 Å². The molecule has 0 spiro atoms. The van der Waals surface area contributed by atoms with Crippen LogP contribution in [0.4, 0.5) is 0 Å². The van der Waals surface area contributed by atoms with Crippen LogP contribution in [0.25, 0.3) is 16.8 Å². The Morgan fingerprint density at radius 3 is 2.32 bits per heavy atom. The van der Waals surface area contributed by atoms with Crippen molar-refractivity contribution < 1.29 is 14.3 Å². The maximum atomic E-state index is 13.5. The molecule has 0 atom stereocenters. The van der Waals surface area contributed by atoms with Gasteiger partial charge in [-0.15, -0.1) is 0 Å². The predicted molar refractivity (Wildman–Crippen MR) is 144 cm³/mol. The molecular weight excluding hydrogens is 464 g/mol. The second-order valence-electron chi connectivity index (χ2n) is 9.18. The summed E-state index contributed by atoms with van der Waals surface area (Å²) in [5, 5.41) is 7.81. The third-order valence-corrected chi connectivity index (χ3v) is 6.80. The normalized spacial score (nSPS) is 13.5. The average Bonchev–Trinajstić information content (AvgIpc) is 3.63.